The fourth-order valence-corrected chi connectivity index (χ4v) is 3.78. The van der Waals surface area contributed by atoms with Gasteiger partial charge in [0, 0.05) is 31.8 Å². The van der Waals surface area contributed by atoms with Crippen LogP contribution in [0, 0.1) is 6.92 Å². The van der Waals surface area contributed by atoms with Crippen LogP contribution in [0.2, 0.25) is 0 Å². The van der Waals surface area contributed by atoms with E-state index >= 15 is 0 Å². The summed E-state index contributed by atoms with van der Waals surface area (Å²) >= 11 is 1.41. The average Bonchev–Trinajstić information content (AvgIpc) is 2.96. The summed E-state index contributed by atoms with van der Waals surface area (Å²) < 4.78 is 8.10. The number of carbonyl (C=O) groups excluding carboxylic acids is 2. The third kappa shape index (κ3) is 4.50. The molecule has 140 valence electrons. The predicted molar refractivity (Wildman–Crippen MR) is 107 cm³/mol. The van der Waals surface area contributed by atoms with E-state index in [1.165, 1.54) is 18.3 Å². The smallest absolute Gasteiger partial charge is 0.279 e. The van der Waals surface area contributed by atoms with Crippen molar-refractivity contribution in [3.05, 3.63) is 58.4 Å². The molecule has 6 nitrogen and oxygen atoms in total. The van der Waals surface area contributed by atoms with E-state index in [9.17, 15) is 9.59 Å². The van der Waals surface area contributed by atoms with E-state index in [1.54, 1.807) is 19.2 Å². The van der Waals surface area contributed by atoms with Crippen molar-refractivity contribution in [3.8, 4) is 0 Å². The first-order valence-electron chi connectivity index (χ1n) is 8.53. The lowest BCUT2D eigenvalue weighted by atomic mass is 10.1. The minimum atomic E-state index is -0.283. The Kier molecular flexibility index (Phi) is 5.83. The number of benzene rings is 2. The lowest BCUT2D eigenvalue weighted by molar-refractivity contribution is -0.114. The van der Waals surface area contributed by atoms with Crippen molar-refractivity contribution in [1.82, 2.24) is 4.57 Å². The van der Waals surface area contributed by atoms with Crippen molar-refractivity contribution < 1.29 is 14.3 Å². The Balaban J connectivity index is 2.07. The summed E-state index contributed by atoms with van der Waals surface area (Å²) in [4.78, 5) is 28.8. The van der Waals surface area contributed by atoms with Gasteiger partial charge in [-0.15, -0.1) is 0 Å². The van der Waals surface area contributed by atoms with E-state index in [2.05, 4.69) is 10.3 Å². The third-order valence-corrected chi connectivity index (χ3v) is 5.06. The molecule has 0 aliphatic carbocycles. The Morgan fingerprint density at radius 1 is 1.19 bits per heavy atom. The normalized spacial score (nSPS) is 11.7. The highest BCUT2D eigenvalue weighted by molar-refractivity contribution is 7.16. The molecule has 2 amide bonds. The van der Waals surface area contributed by atoms with Gasteiger partial charge in [-0.3, -0.25) is 9.59 Å². The highest BCUT2D eigenvalue weighted by Gasteiger charge is 2.10. The quantitative estimate of drug-likeness (QED) is 0.734. The summed E-state index contributed by atoms with van der Waals surface area (Å²) in [6, 6.07) is 13.0. The van der Waals surface area contributed by atoms with E-state index in [4.69, 9.17) is 4.74 Å². The Morgan fingerprint density at radius 3 is 2.59 bits per heavy atom. The molecule has 1 heterocycles. The van der Waals surface area contributed by atoms with Crippen LogP contribution in [0.4, 0.5) is 5.69 Å². The summed E-state index contributed by atoms with van der Waals surface area (Å²) in [7, 11) is 1.64. The van der Waals surface area contributed by atoms with Crippen LogP contribution in [-0.2, 0) is 16.1 Å². The molecule has 0 fully saturated rings. The number of amides is 2. The van der Waals surface area contributed by atoms with Crippen LogP contribution >= 0.6 is 11.3 Å². The standard InChI is InChI=1S/C20H21N3O3S/c1-13-4-6-15(7-5-13)19(25)22-20-23(10-11-26-3)17-9-8-16(21-14(2)24)12-18(17)27-20/h4-9,12H,10-11H2,1-3H3,(H,21,24). The van der Waals surface area contributed by atoms with Gasteiger partial charge in [0.25, 0.3) is 5.91 Å². The van der Waals surface area contributed by atoms with Crippen LogP contribution < -0.4 is 10.1 Å². The van der Waals surface area contributed by atoms with Crippen LogP contribution in [0.5, 0.6) is 0 Å². The fourth-order valence-electron chi connectivity index (χ4n) is 2.69. The number of fused-ring (bicyclic) bond motifs is 1. The molecule has 0 radical (unpaired) electrons. The van der Waals surface area contributed by atoms with E-state index in [-0.39, 0.29) is 11.8 Å². The second kappa shape index (κ2) is 8.28. The summed E-state index contributed by atoms with van der Waals surface area (Å²) in [5.41, 5.74) is 3.30. The van der Waals surface area contributed by atoms with Gasteiger partial charge in [-0.25, -0.2) is 0 Å². The maximum atomic E-state index is 12.6. The summed E-state index contributed by atoms with van der Waals surface area (Å²) in [6.45, 7) is 4.53. The van der Waals surface area contributed by atoms with Gasteiger partial charge in [0.15, 0.2) is 4.80 Å². The molecule has 27 heavy (non-hydrogen) atoms. The average molecular weight is 383 g/mol. The van der Waals surface area contributed by atoms with Gasteiger partial charge in [0.2, 0.25) is 5.91 Å². The number of ether oxygens (including phenoxy) is 1. The van der Waals surface area contributed by atoms with Crippen LogP contribution in [0.3, 0.4) is 0 Å². The molecule has 2 aromatic carbocycles. The summed E-state index contributed by atoms with van der Waals surface area (Å²) in [5, 5.41) is 2.78. The fraction of sp³-hybridized carbons (Fsp3) is 0.250. The number of anilines is 1. The Bertz CT molecular complexity index is 1050. The van der Waals surface area contributed by atoms with Crippen molar-refractivity contribution >= 4 is 39.1 Å². The molecule has 0 atom stereocenters. The van der Waals surface area contributed by atoms with Gasteiger partial charge >= 0.3 is 0 Å². The predicted octanol–water partition coefficient (Wildman–Crippen LogP) is 3.36. The molecule has 1 aromatic heterocycles. The van der Waals surface area contributed by atoms with Gasteiger partial charge in [-0.1, -0.05) is 29.0 Å². The van der Waals surface area contributed by atoms with Crippen molar-refractivity contribution in [2.24, 2.45) is 4.99 Å². The first-order chi connectivity index (χ1) is 13.0. The number of thiazole rings is 1. The number of aromatic nitrogens is 1. The Hall–Kier alpha value is -2.77. The maximum Gasteiger partial charge on any atom is 0.279 e. The highest BCUT2D eigenvalue weighted by Crippen LogP contribution is 2.22. The lowest BCUT2D eigenvalue weighted by Gasteiger charge is -2.05. The number of carbonyl (C=O) groups is 2. The molecule has 1 N–H and O–H groups in total. The second-order valence-electron chi connectivity index (χ2n) is 6.18. The number of methoxy groups -OCH3 is 1. The Morgan fingerprint density at radius 2 is 1.93 bits per heavy atom. The minimum absolute atomic E-state index is 0.127. The number of hydrogen-bond acceptors (Lipinski definition) is 4. The van der Waals surface area contributed by atoms with Crippen molar-refractivity contribution in [2.75, 3.05) is 19.0 Å². The molecule has 3 aromatic rings. The number of hydrogen-bond donors (Lipinski definition) is 1. The van der Waals surface area contributed by atoms with Gasteiger partial charge in [-0.2, -0.15) is 4.99 Å². The first-order valence-corrected chi connectivity index (χ1v) is 9.35. The molecule has 0 aliphatic heterocycles. The van der Waals surface area contributed by atoms with E-state index in [0.717, 1.165) is 15.8 Å². The minimum Gasteiger partial charge on any atom is -0.383 e. The number of nitrogens with zero attached hydrogens (tertiary/aromatic N) is 2. The van der Waals surface area contributed by atoms with Gasteiger partial charge in [0.1, 0.15) is 0 Å². The van der Waals surface area contributed by atoms with E-state index in [1.807, 2.05) is 41.8 Å². The molecule has 0 unspecified atom stereocenters. The topological polar surface area (TPSA) is 72.7 Å². The number of nitrogens with one attached hydrogen (secondary N) is 1. The highest BCUT2D eigenvalue weighted by atomic mass is 32.1. The first kappa shape index (κ1) is 19.0. The Labute approximate surface area is 161 Å². The van der Waals surface area contributed by atoms with Crippen molar-refractivity contribution in [2.45, 2.75) is 20.4 Å². The number of rotatable bonds is 5. The molecule has 7 heteroatoms. The zero-order valence-electron chi connectivity index (χ0n) is 15.5. The van der Waals surface area contributed by atoms with E-state index in [0.29, 0.717) is 29.2 Å². The number of aryl methyl sites for hydroxylation is 1. The molecule has 3 rings (SSSR count). The van der Waals surface area contributed by atoms with Crippen LogP contribution in [-0.4, -0.2) is 30.1 Å². The molecule has 0 saturated carbocycles. The van der Waals surface area contributed by atoms with Gasteiger partial charge < -0.3 is 14.6 Å². The van der Waals surface area contributed by atoms with Gasteiger partial charge in [-0.05, 0) is 37.3 Å². The lowest BCUT2D eigenvalue weighted by Crippen LogP contribution is -2.19. The monoisotopic (exact) mass is 383 g/mol. The molecular formula is C20H21N3O3S. The summed E-state index contributed by atoms with van der Waals surface area (Å²) in [5.74, 6) is -0.410. The van der Waals surface area contributed by atoms with Crippen LogP contribution in [0.15, 0.2) is 47.5 Å². The largest absolute Gasteiger partial charge is 0.383 e. The SMILES string of the molecule is COCCn1c(=NC(=O)c2ccc(C)cc2)sc2cc(NC(C)=O)ccc21. The zero-order chi connectivity index (χ0) is 19.4. The van der Waals surface area contributed by atoms with Crippen molar-refractivity contribution in [3.63, 3.8) is 0 Å². The molecule has 0 saturated heterocycles. The van der Waals surface area contributed by atoms with Gasteiger partial charge in [0.05, 0.1) is 16.8 Å². The van der Waals surface area contributed by atoms with Crippen LogP contribution in [0.1, 0.15) is 22.8 Å². The zero-order valence-corrected chi connectivity index (χ0v) is 16.3. The third-order valence-electron chi connectivity index (χ3n) is 4.02. The second-order valence-corrected chi connectivity index (χ2v) is 7.18. The van der Waals surface area contributed by atoms with Crippen LogP contribution in [0.25, 0.3) is 10.2 Å². The molecule has 0 bridgehead atoms. The van der Waals surface area contributed by atoms with E-state index < -0.39 is 0 Å². The van der Waals surface area contributed by atoms with Crippen molar-refractivity contribution in [1.29, 1.82) is 0 Å². The maximum absolute atomic E-state index is 12.6. The molecule has 0 aliphatic rings. The molecular weight excluding hydrogens is 362 g/mol. The molecule has 0 spiro atoms. The summed E-state index contributed by atoms with van der Waals surface area (Å²) in [6.07, 6.45) is 0.